The monoisotopic (exact) mass is 236 g/mol. The Morgan fingerprint density at radius 2 is 2.18 bits per heavy atom. The summed E-state index contributed by atoms with van der Waals surface area (Å²) in [6.07, 6.45) is 2.60. The number of benzene rings is 1. The van der Waals surface area contributed by atoms with Gasteiger partial charge in [0.05, 0.1) is 4.92 Å². The normalized spacial score (nSPS) is 10.0. The van der Waals surface area contributed by atoms with E-state index in [9.17, 15) is 14.9 Å². The molecule has 1 aromatic carbocycles. The van der Waals surface area contributed by atoms with Crippen LogP contribution < -0.4 is 5.32 Å². The summed E-state index contributed by atoms with van der Waals surface area (Å²) in [5.41, 5.74) is 1.25. The molecule has 0 heterocycles. The van der Waals surface area contributed by atoms with Crippen molar-refractivity contribution in [2.24, 2.45) is 0 Å². The number of nitrogens with one attached hydrogen (secondary N) is 1. The molecule has 0 fully saturated rings. The molecule has 17 heavy (non-hydrogen) atoms. The van der Waals surface area contributed by atoms with E-state index in [-0.39, 0.29) is 11.6 Å². The Balaban J connectivity index is 2.99. The lowest BCUT2D eigenvalue weighted by molar-refractivity contribution is -0.385. The van der Waals surface area contributed by atoms with Gasteiger partial charge in [-0.1, -0.05) is 19.4 Å². The Labute approximate surface area is 100.0 Å². The molecule has 1 N–H and O–H groups in total. The van der Waals surface area contributed by atoms with E-state index in [1.165, 1.54) is 13.0 Å². The lowest BCUT2D eigenvalue weighted by Gasteiger charge is -2.05. The van der Waals surface area contributed by atoms with Crippen LogP contribution in [0.25, 0.3) is 0 Å². The fourth-order valence-electron chi connectivity index (χ4n) is 1.59. The van der Waals surface area contributed by atoms with E-state index in [2.05, 4.69) is 5.32 Å². The molecule has 0 bridgehead atoms. The lowest BCUT2D eigenvalue weighted by Crippen LogP contribution is -2.06. The lowest BCUT2D eigenvalue weighted by atomic mass is 10.1. The summed E-state index contributed by atoms with van der Waals surface area (Å²) in [5.74, 6) is -0.236. The smallest absolute Gasteiger partial charge is 0.274 e. The van der Waals surface area contributed by atoms with E-state index in [0.717, 1.165) is 12.8 Å². The molecule has 92 valence electrons. The maximum atomic E-state index is 10.9. The number of unbranched alkanes of at least 4 members (excludes halogenated alkanes) is 1. The summed E-state index contributed by atoms with van der Waals surface area (Å²) in [6.45, 7) is 3.41. The first kappa shape index (κ1) is 13.2. The number of anilines is 1. The third-order valence-corrected chi connectivity index (χ3v) is 2.40. The number of hydrogen-bond acceptors (Lipinski definition) is 3. The number of aryl methyl sites for hydroxylation is 1. The molecule has 1 aromatic rings. The highest BCUT2D eigenvalue weighted by Crippen LogP contribution is 2.24. The number of nitrogens with zero attached hydrogens (tertiary/aromatic N) is 1. The zero-order valence-electron chi connectivity index (χ0n) is 10.0. The summed E-state index contributed by atoms with van der Waals surface area (Å²) in [7, 11) is 0. The van der Waals surface area contributed by atoms with Crippen LogP contribution in [0.1, 0.15) is 32.3 Å². The standard InChI is InChI=1S/C12H16N2O3/c1-3-4-5-10-6-7-11(13-9(2)15)8-12(10)14(16)17/h6-8H,3-5H2,1-2H3,(H,13,15). The Morgan fingerprint density at radius 3 is 2.71 bits per heavy atom. The number of nitro groups is 1. The number of hydrogen-bond donors (Lipinski definition) is 1. The minimum absolute atomic E-state index is 0.0738. The van der Waals surface area contributed by atoms with Gasteiger partial charge in [-0.05, 0) is 18.9 Å². The van der Waals surface area contributed by atoms with Crippen LogP contribution in [0.2, 0.25) is 0 Å². The van der Waals surface area contributed by atoms with Crippen molar-refractivity contribution < 1.29 is 9.72 Å². The predicted molar refractivity (Wildman–Crippen MR) is 66.0 cm³/mol. The third-order valence-electron chi connectivity index (χ3n) is 2.40. The predicted octanol–water partition coefficient (Wildman–Crippen LogP) is 2.90. The second-order valence-electron chi connectivity index (χ2n) is 3.89. The second-order valence-corrected chi connectivity index (χ2v) is 3.89. The quantitative estimate of drug-likeness (QED) is 0.631. The van der Waals surface area contributed by atoms with Gasteiger partial charge in [0, 0.05) is 24.2 Å². The van der Waals surface area contributed by atoms with Crippen LogP contribution >= 0.6 is 0 Å². The van der Waals surface area contributed by atoms with Gasteiger partial charge in [-0.2, -0.15) is 0 Å². The average Bonchev–Trinajstić information content (AvgIpc) is 2.26. The van der Waals surface area contributed by atoms with Gasteiger partial charge in [0.15, 0.2) is 0 Å². The third kappa shape index (κ3) is 3.86. The van der Waals surface area contributed by atoms with Crippen molar-refractivity contribution in [3.63, 3.8) is 0 Å². The summed E-state index contributed by atoms with van der Waals surface area (Å²) in [6, 6.07) is 4.81. The van der Waals surface area contributed by atoms with Crippen molar-refractivity contribution in [2.75, 3.05) is 5.32 Å². The van der Waals surface area contributed by atoms with Crippen LogP contribution in [-0.2, 0) is 11.2 Å². The number of carbonyl (C=O) groups is 1. The van der Waals surface area contributed by atoms with E-state index in [1.807, 2.05) is 6.92 Å². The first-order valence-electron chi connectivity index (χ1n) is 5.59. The van der Waals surface area contributed by atoms with Crippen molar-refractivity contribution in [1.82, 2.24) is 0 Å². The fraction of sp³-hybridized carbons (Fsp3) is 0.417. The Hall–Kier alpha value is -1.91. The van der Waals surface area contributed by atoms with Crippen molar-refractivity contribution >= 4 is 17.3 Å². The summed E-state index contributed by atoms with van der Waals surface area (Å²) >= 11 is 0. The highest BCUT2D eigenvalue weighted by molar-refractivity contribution is 5.89. The molecule has 0 aliphatic heterocycles. The van der Waals surface area contributed by atoms with Gasteiger partial charge in [-0.25, -0.2) is 0 Å². The molecule has 5 heteroatoms. The van der Waals surface area contributed by atoms with Crippen molar-refractivity contribution in [2.45, 2.75) is 33.1 Å². The highest BCUT2D eigenvalue weighted by atomic mass is 16.6. The van der Waals surface area contributed by atoms with Crippen LogP contribution in [-0.4, -0.2) is 10.8 Å². The molecule has 0 aliphatic rings. The van der Waals surface area contributed by atoms with Gasteiger partial charge in [0.25, 0.3) is 5.69 Å². The summed E-state index contributed by atoms with van der Waals surface area (Å²) < 4.78 is 0. The van der Waals surface area contributed by atoms with E-state index in [1.54, 1.807) is 12.1 Å². The van der Waals surface area contributed by atoms with E-state index < -0.39 is 4.92 Å². The SMILES string of the molecule is CCCCc1ccc(NC(C)=O)cc1[N+](=O)[O-]. The van der Waals surface area contributed by atoms with E-state index >= 15 is 0 Å². The number of rotatable bonds is 5. The maximum Gasteiger partial charge on any atom is 0.274 e. The van der Waals surface area contributed by atoms with Gasteiger partial charge in [0.1, 0.15) is 0 Å². The fourth-order valence-corrected chi connectivity index (χ4v) is 1.59. The van der Waals surface area contributed by atoms with Gasteiger partial charge in [0.2, 0.25) is 5.91 Å². The van der Waals surface area contributed by atoms with Crippen LogP contribution in [0, 0.1) is 10.1 Å². The Morgan fingerprint density at radius 1 is 1.47 bits per heavy atom. The largest absolute Gasteiger partial charge is 0.326 e. The van der Waals surface area contributed by atoms with Crippen molar-refractivity contribution in [3.8, 4) is 0 Å². The van der Waals surface area contributed by atoms with Crippen LogP contribution in [0.3, 0.4) is 0 Å². The molecular weight excluding hydrogens is 220 g/mol. The van der Waals surface area contributed by atoms with Gasteiger partial charge in [-0.3, -0.25) is 14.9 Å². The first-order chi connectivity index (χ1) is 8.04. The molecule has 1 amide bonds. The van der Waals surface area contributed by atoms with Crippen molar-refractivity contribution in [1.29, 1.82) is 0 Å². The van der Waals surface area contributed by atoms with Gasteiger partial charge in [-0.15, -0.1) is 0 Å². The Bertz CT molecular complexity index is 430. The van der Waals surface area contributed by atoms with E-state index in [0.29, 0.717) is 17.7 Å². The first-order valence-corrected chi connectivity index (χ1v) is 5.59. The molecule has 0 atom stereocenters. The molecule has 0 aromatic heterocycles. The van der Waals surface area contributed by atoms with Gasteiger partial charge < -0.3 is 5.32 Å². The van der Waals surface area contributed by atoms with Gasteiger partial charge >= 0.3 is 0 Å². The zero-order valence-corrected chi connectivity index (χ0v) is 10.0. The molecule has 0 spiro atoms. The minimum Gasteiger partial charge on any atom is -0.326 e. The Kier molecular flexibility index (Phi) is 4.63. The number of carbonyl (C=O) groups excluding carboxylic acids is 1. The maximum absolute atomic E-state index is 10.9. The van der Waals surface area contributed by atoms with E-state index in [4.69, 9.17) is 0 Å². The molecule has 0 saturated carbocycles. The molecular formula is C12H16N2O3. The molecule has 1 rings (SSSR count). The number of nitro benzene ring substituents is 1. The summed E-state index contributed by atoms with van der Waals surface area (Å²) in [4.78, 5) is 21.4. The molecule has 0 unspecified atom stereocenters. The molecule has 0 radical (unpaired) electrons. The minimum atomic E-state index is -0.406. The van der Waals surface area contributed by atoms with Crippen molar-refractivity contribution in [3.05, 3.63) is 33.9 Å². The second kappa shape index (κ2) is 5.98. The van der Waals surface area contributed by atoms with Crippen LogP contribution in [0.5, 0.6) is 0 Å². The topological polar surface area (TPSA) is 72.2 Å². The molecule has 0 aliphatic carbocycles. The van der Waals surface area contributed by atoms with Crippen LogP contribution in [0.4, 0.5) is 11.4 Å². The number of amides is 1. The summed E-state index contributed by atoms with van der Waals surface area (Å²) in [5, 5.41) is 13.5. The van der Waals surface area contributed by atoms with Crippen LogP contribution in [0.15, 0.2) is 18.2 Å². The highest BCUT2D eigenvalue weighted by Gasteiger charge is 2.14. The molecule has 5 nitrogen and oxygen atoms in total. The zero-order chi connectivity index (χ0) is 12.8. The average molecular weight is 236 g/mol. The molecule has 0 saturated heterocycles.